The number of anilines is 1. The number of piperidine rings is 1. The highest BCUT2D eigenvalue weighted by Gasteiger charge is 2.39. The van der Waals surface area contributed by atoms with E-state index in [0.717, 1.165) is 29.8 Å². The zero-order chi connectivity index (χ0) is 25.4. The molecule has 1 fully saturated rings. The van der Waals surface area contributed by atoms with Crippen molar-refractivity contribution in [1.29, 1.82) is 0 Å². The van der Waals surface area contributed by atoms with Crippen LogP contribution in [0.25, 0.3) is 22.4 Å². The molecule has 186 valence electrons. The average molecular weight is 477 g/mol. The van der Waals surface area contributed by atoms with Gasteiger partial charge in [0.2, 0.25) is 0 Å². The Morgan fingerprint density at radius 3 is 2.14 bits per heavy atom. The van der Waals surface area contributed by atoms with Gasteiger partial charge in [0.05, 0.1) is 19.8 Å². The van der Waals surface area contributed by atoms with E-state index < -0.39 is 0 Å². The number of hydrogen-bond acceptors (Lipinski definition) is 7. The Labute approximate surface area is 208 Å². The molecule has 1 aliphatic heterocycles. The predicted molar refractivity (Wildman–Crippen MR) is 140 cm³/mol. The lowest BCUT2D eigenvalue weighted by Crippen LogP contribution is -2.62. The van der Waals surface area contributed by atoms with Gasteiger partial charge in [0.15, 0.2) is 17.3 Å². The molecule has 1 aromatic heterocycles. The maximum atomic E-state index is 11.2. The fraction of sp³-hybridized carbons (Fsp3) is 0.429. The third-order valence-corrected chi connectivity index (χ3v) is 6.71. The van der Waals surface area contributed by atoms with E-state index in [0.29, 0.717) is 28.8 Å². The third-order valence-electron chi connectivity index (χ3n) is 6.71. The molecule has 3 aromatic rings. The van der Waals surface area contributed by atoms with E-state index in [4.69, 9.17) is 9.47 Å². The summed E-state index contributed by atoms with van der Waals surface area (Å²) in [5, 5.41) is 23.9. The first-order chi connectivity index (χ1) is 16.5. The smallest absolute Gasteiger partial charge is 0.171 e. The quantitative estimate of drug-likeness (QED) is 0.501. The topological polar surface area (TPSA) is 79.7 Å². The van der Waals surface area contributed by atoms with E-state index in [1.165, 1.54) is 0 Å². The third kappa shape index (κ3) is 5.05. The van der Waals surface area contributed by atoms with E-state index in [-0.39, 0.29) is 16.8 Å². The second-order valence-corrected chi connectivity index (χ2v) is 10.6. The van der Waals surface area contributed by atoms with Crippen LogP contribution < -0.4 is 19.7 Å². The summed E-state index contributed by atoms with van der Waals surface area (Å²) in [7, 11) is 5.20. The molecule has 2 N–H and O–H groups in total. The molecule has 35 heavy (non-hydrogen) atoms. The number of hydrogen-bond donors (Lipinski definition) is 2. The first kappa shape index (κ1) is 24.8. The highest BCUT2D eigenvalue weighted by Crippen LogP contribution is 2.49. The summed E-state index contributed by atoms with van der Waals surface area (Å²) in [5.74, 6) is 1.63. The summed E-state index contributed by atoms with van der Waals surface area (Å²) in [6.45, 7) is 8.96. The fourth-order valence-corrected chi connectivity index (χ4v) is 5.45. The van der Waals surface area contributed by atoms with Crippen LogP contribution in [0.2, 0.25) is 0 Å². The maximum Gasteiger partial charge on any atom is 0.171 e. The molecular formula is C28H36N4O3. The molecule has 2 aromatic carbocycles. The van der Waals surface area contributed by atoms with Gasteiger partial charge in [0.1, 0.15) is 11.4 Å². The van der Waals surface area contributed by atoms with Crippen molar-refractivity contribution < 1.29 is 14.6 Å². The molecule has 1 aliphatic rings. The van der Waals surface area contributed by atoms with E-state index in [1.807, 2.05) is 48.5 Å². The Bertz CT molecular complexity index is 1160. The Balaban J connectivity index is 1.69. The number of nitrogens with one attached hydrogen (secondary N) is 1. The van der Waals surface area contributed by atoms with E-state index in [1.54, 1.807) is 14.2 Å². The molecular weight excluding hydrogens is 440 g/mol. The lowest BCUT2D eigenvalue weighted by molar-refractivity contribution is 0.160. The van der Waals surface area contributed by atoms with Gasteiger partial charge >= 0.3 is 0 Å². The zero-order valence-electron chi connectivity index (χ0n) is 21.7. The van der Waals surface area contributed by atoms with Gasteiger partial charge in [-0.3, -0.25) is 0 Å². The van der Waals surface area contributed by atoms with Crippen molar-refractivity contribution in [2.24, 2.45) is 0 Å². The Morgan fingerprint density at radius 2 is 1.60 bits per heavy atom. The van der Waals surface area contributed by atoms with Crippen LogP contribution in [0, 0.1) is 0 Å². The molecule has 0 radical (unpaired) electrons. The average Bonchev–Trinajstić information content (AvgIpc) is 2.81. The van der Waals surface area contributed by atoms with E-state index >= 15 is 0 Å². The molecule has 4 rings (SSSR count). The van der Waals surface area contributed by atoms with Crippen molar-refractivity contribution in [3.8, 4) is 39.6 Å². The van der Waals surface area contributed by atoms with Crippen molar-refractivity contribution in [3.63, 3.8) is 0 Å². The first-order valence-corrected chi connectivity index (χ1v) is 11.9. The second-order valence-electron chi connectivity index (χ2n) is 10.6. The van der Waals surface area contributed by atoms with Crippen LogP contribution in [-0.4, -0.2) is 53.7 Å². The van der Waals surface area contributed by atoms with E-state index in [9.17, 15) is 5.11 Å². The van der Waals surface area contributed by atoms with Gasteiger partial charge in [-0.1, -0.05) is 30.3 Å². The molecule has 7 heteroatoms. The number of aromatic nitrogens is 2. The molecule has 7 nitrogen and oxygen atoms in total. The van der Waals surface area contributed by atoms with Crippen LogP contribution in [-0.2, 0) is 0 Å². The number of ether oxygens (including phenoxy) is 2. The van der Waals surface area contributed by atoms with Crippen molar-refractivity contribution in [1.82, 2.24) is 15.5 Å². The lowest BCUT2D eigenvalue weighted by atomic mass is 9.79. The summed E-state index contributed by atoms with van der Waals surface area (Å²) in [5.41, 5.74) is 2.69. The van der Waals surface area contributed by atoms with Gasteiger partial charge in [0, 0.05) is 29.7 Å². The van der Waals surface area contributed by atoms with Gasteiger partial charge in [-0.25, -0.2) is 0 Å². The fourth-order valence-electron chi connectivity index (χ4n) is 5.45. The summed E-state index contributed by atoms with van der Waals surface area (Å²) in [4.78, 5) is 2.21. The summed E-state index contributed by atoms with van der Waals surface area (Å²) >= 11 is 0. The van der Waals surface area contributed by atoms with Gasteiger partial charge in [-0.15, -0.1) is 10.2 Å². The van der Waals surface area contributed by atoms with Crippen molar-refractivity contribution in [3.05, 3.63) is 48.5 Å². The largest absolute Gasteiger partial charge is 0.504 e. The number of phenols is 1. The highest BCUT2D eigenvalue weighted by molar-refractivity contribution is 5.86. The predicted octanol–water partition coefficient (Wildman–Crippen LogP) is 5.28. The van der Waals surface area contributed by atoms with Crippen LogP contribution in [0.1, 0.15) is 40.5 Å². The van der Waals surface area contributed by atoms with Gasteiger partial charge < -0.3 is 24.8 Å². The van der Waals surface area contributed by atoms with Crippen LogP contribution >= 0.6 is 0 Å². The first-order valence-electron chi connectivity index (χ1n) is 11.9. The summed E-state index contributed by atoms with van der Waals surface area (Å²) < 4.78 is 11.3. The zero-order valence-corrected chi connectivity index (χ0v) is 21.7. The Kier molecular flexibility index (Phi) is 6.64. The summed E-state index contributed by atoms with van der Waals surface area (Å²) in [6, 6.07) is 15.8. The monoisotopic (exact) mass is 476 g/mol. The lowest BCUT2D eigenvalue weighted by Gasteiger charge is -2.49. The molecule has 0 aliphatic carbocycles. The van der Waals surface area contributed by atoms with Crippen LogP contribution in [0.3, 0.4) is 0 Å². The molecule has 0 bridgehead atoms. The van der Waals surface area contributed by atoms with Gasteiger partial charge in [-0.2, -0.15) is 0 Å². The van der Waals surface area contributed by atoms with Crippen molar-refractivity contribution in [2.45, 2.75) is 57.7 Å². The number of nitrogens with zero attached hydrogens (tertiary/aromatic N) is 3. The minimum atomic E-state index is -0.0250. The molecule has 1 saturated heterocycles. The van der Waals surface area contributed by atoms with Crippen molar-refractivity contribution >= 4 is 5.82 Å². The Hall–Kier alpha value is -3.32. The van der Waals surface area contributed by atoms with Crippen molar-refractivity contribution in [2.75, 3.05) is 26.2 Å². The molecule has 0 atom stereocenters. The summed E-state index contributed by atoms with van der Waals surface area (Å²) in [6.07, 6.45) is 2.01. The van der Waals surface area contributed by atoms with Gasteiger partial charge in [-0.05, 0) is 64.3 Å². The highest BCUT2D eigenvalue weighted by atomic mass is 16.5. The molecule has 0 spiro atoms. The normalized spacial score (nSPS) is 17.1. The minimum Gasteiger partial charge on any atom is -0.504 e. The molecule has 0 unspecified atom stereocenters. The van der Waals surface area contributed by atoms with E-state index in [2.05, 4.69) is 55.2 Å². The number of benzene rings is 2. The number of rotatable bonds is 6. The SMILES string of the molecule is COc1cc(-c2ccccc2)c(OC)c(O)c1-c1ccc(N(C)C2CC(C)(C)NC(C)(C)C2)nn1. The number of phenolic OH excluding ortho intramolecular Hbond substituents is 1. The minimum absolute atomic E-state index is 0.0250. The standard InChI is InChI=1S/C28H36N4O3/c1-27(2)16-19(17-28(3,4)31-27)32(5)23-14-13-21(29-30-23)24-22(34-6)15-20(26(35-7)25(24)33)18-11-9-8-10-12-18/h8-15,19,31,33H,16-17H2,1-7H3. The molecule has 2 heterocycles. The number of aromatic hydroxyl groups is 1. The van der Waals surface area contributed by atoms with Gasteiger partial charge in [0.25, 0.3) is 0 Å². The molecule has 0 amide bonds. The van der Waals surface area contributed by atoms with Crippen LogP contribution in [0.4, 0.5) is 5.82 Å². The van der Waals surface area contributed by atoms with Crippen LogP contribution in [0.5, 0.6) is 17.2 Å². The second kappa shape index (κ2) is 9.38. The van der Waals surface area contributed by atoms with Crippen LogP contribution in [0.15, 0.2) is 48.5 Å². The maximum absolute atomic E-state index is 11.2. The molecule has 0 saturated carbocycles. The Morgan fingerprint density at radius 1 is 0.943 bits per heavy atom. The number of methoxy groups -OCH3 is 2.